The van der Waals surface area contributed by atoms with E-state index in [4.69, 9.17) is 14.2 Å². The maximum atomic E-state index is 12.6. The van der Waals surface area contributed by atoms with Crippen LogP contribution >= 0.6 is 0 Å². The van der Waals surface area contributed by atoms with Crippen LogP contribution in [0.3, 0.4) is 0 Å². The first-order valence-corrected chi connectivity index (χ1v) is 11.4. The second kappa shape index (κ2) is 11.7. The highest BCUT2D eigenvalue weighted by Gasteiger charge is 2.31. The van der Waals surface area contributed by atoms with Crippen molar-refractivity contribution in [1.82, 2.24) is 5.32 Å². The van der Waals surface area contributed by atoms with Gasteiger partial charge in [-0.2, -0.15) is 0 Å². The van der Waals surface area contributed by atoms with Crippen molar-refractivity contribution in [1.29, 1.82) is 0 Å². The van der Waals surface area contributed by atoms with Gasteiger partial charge in [0.05, 0.1) is 6.42 Å². The highest BCUT2D eigenvalue weighted by molar-refractivity contribution is 6.09. The zero-order chi connectivity index (χ0) is 27.1. The number of carbonyl (C=O) groups excluding carboxylic acids is 4. The fraction of sp³-hybridized carbons (Fsp3) is 0.407. The topological polar surface area (TPSA) is 128 Å². The van der Waals surface area contributed by atoms with Gasteiger partial charge < -0.3 is 24.6 Å². The van der Waals surface area contributed by atoms with E-state index in [1.54, 1.807) is 53.7 Å². The fourth-order valence-electron chi connectivity index (χ4n) is 2.98. The minimum absolute atomic E-state index is 0.0635. The van der Waals surface area contributed by atoms with Crippen molar-refractivity contribution in [2.75, 3.05) is 6.61 Å². The summed E-state index contributed by atoms with van der Waals surface area (Å²) in [5.74, 6) is -1.91. The second-order valence-electron chi connectivity index (χ2n) is 10.1. The lowest BCUT2D eigenvalue weighted by molar-refractivity contribution is -0.165. The van der Waals surface area contributed by atoms with Crippen molar-refractivity contribution in [2.24, 2.45) is 0 Å². The van der Waals surface area contributed by atoms with Crippen molar-refractivity contribution in [2.45, 2.75) is 65.2 Å². The number of rotatable bonds is 9. The normalized spacial score (nSPS) is 12.3. The number of ketones is 1. The standard InChI is InChI=1S/C27H33NO8/c1-26(2,3)35-23(31)15-21(25(33)36-27(4,5)6)28-22(30)16-34-20-13-9-18(10-14-20)24(32)17-7-11-19(29)12-8-17/h7-14,21,29H,15-16H2,1-6H3,(H,28,30)/t21-/m0/s1. The van der Waals surface area contributed by atoms with Gasteiger partial charge in [0.1, 0.15) is 28.7 Å². The molecule has 0 fully saturated rings. The molecule has 36 heavy (non-hydrogen) atoms. The van der Waals surface area contributed by atoms with Crippen molar-refractivity contribution in [3.05, 3.63) is 59.7 Å². The number of amides is 1. The molecule has 9 heteroatoms. The Hall–Kier alpha value is -3.88. The third-order valence-electron chi connectivity index (χ3n) is 4.43. The highest BCUT2D eigenvalue weighted by Crippen LogP contribution is 2.18. The maximum Gasteiger partial charge on any atom is 0.329 e. The highest BCUT2D eigenvalue weighted by atomic mass is 16.6. The predicted molar refractivity (Wildman–Crippen MR) is 132 cm³/mol. The molecule has 0 spiro atoms. The Morgan fingerprint density at radius 2 is 1.31 bits per heavy atom. The Morgan fingerprint density at radius 1 is 0.806 bits per heavy atom. The molecule has 0 unspecified atom stereocenters. The lowest BCUT2D eigenvalue weighted by Gasteiger charge is -2.25. The van der Waals surface area contributed by atoms with Gasteiger partial charge in [-0.05, 0) is 90.1 Å². The molecule has 0 heterocycles. The van der Waals surface area contributed by atoms with E-state index in [2.05, 4.69) is 5.32 Å². The zero-order valence-electron chi connectivity index (χ0n) is 21.4. The first kappa shape index (κ1) is 28.4. The number of nitrogens with one attached hydrogen (secondary N) is 1. The third kappa shape index (κ3) is 9.77. The number of hydrogen-bond acceptors (Lipinski definition) is 8. The Kier molecular flexibility index (Phi) is 9.22. The van der Waals surface area contributed by atoms with Crippen molar-refractivity contribution in [3.8, 4) is 11.5 Å². The zero-order valence-corrected chi connectivity index (χ0v) is 21.4. The van der Waals surface area contributed by atoms with E-state index in [9.17, 15) is 24.3 Å². The van der Waals surface area contributed by atoms with E-state index in [1.165, 1.54) is 36.4 Å². The molecular formula is C27H33NO8. The van der Waals surface area contributed by atoms with Crippen LogP contribution in [0.25, 0.3) is 0 Å². The van der Waals surface area contributed by atoms with Gasteiger partial charge >= 0.3 is 11.9 Å². The number of aromatic hydroxyl groups is 1. The monoisotopic (exact) mass is 499 g/mol. The summed E-state index contributed by atoms with van der Waals surface area (Å²) in [5, 5.41) is 11.8. The van der Waals surface area contributed by atoms with Crippen LogP contribution < -0.4 is 10.1 Å². The molecule has 1 amide bonds. The minimum atomic E-state index is -1.25. The van der Waals surface area contributed by atoms with Gasteiger partial charge in [-0.15, -0.1) is 0 Å². The molecule has 2 aromatic rings. The number of esters is 2. The van der Waals surface area contributed by atoms with Crippen molar-refractivity contribution < 1.29 is 38.5 Å². The molecule has 0 aliphatic carbocycles. The average Bonchev–Trinajstić information content (AvgIpc) is 2.75. The number of ether oxygens (including phenoxy) is 3. The summed E-state index contributed by atoms with van der Waals surface area (Å²) in [5.41, 5.74) is -0.749. The van der Waals surface area contributed by atoms with Gasteiger partial charge in [0.15, 0.2) is 12.4 Å². The molecule has 2 N–H and O–H groups in total. The summed E-state index contributed by atoms with van der Waals surface area (Å²) in [7, 11) is 0. The Balaban J connectivity index is 1.99. The second-order valence-corrected chi connectivity index (χ2v) is 10.1. The summed E-state index contributed by atoms with van der Waals surface area (Å²) < 4.78 is 16.0. The molecule has 0 aliphatic rings. The third-order valence-corrected chi connectivity index (χ3v) is 4.43. The summed E-state index contributed by atoms with van der Waals surface area (Å²) in [6.07, 6.45) is -0.397. The number of phenolic OH excluding ortho intramolecular Hbond substituents is 1. The molecular weight excluding hydrogens is 466 g/mol. The first-order chi connectivity index (χ1) is 16.6. The van der Waals surface area contributed by atoms with Crippen LogP contribution in [0.15, 0.2) is 48.5 Å². The van der Waals surface area contributed by atoms with Crippen LogP contribution in [0, 0.1) is 0 Å². The first-order valence-electron chi connectivity index (χ1n) is 11.4. The van der Waals surface area contributed by atoms with Gasteiger partial charge in [0.2, 0.25) is 0 Å². The van der Waals surface area contributed by atoms with E-state index in [0.29, 0.717) is 16.9 Å². The van der Waals surface area contributed by atoms with E-state index in [-0.39, 0.29) is 11.5 Å². The maximum absolute atomic E-state index is 12.6. The van der Waals surface area contributed by atoms with E-state index < -0.39 is 48.1 Å². The number of phenols is 1. The largest absolute Gasteiger partial charge is 0.508 e. The van der Waals surface area contributed by atoms with Crippen LogP contribution in [0.4, 0.5) is 0 Å². The Morgan fingerprint density at radius 3 is 1.81 bits per heavy atom. The average molecular weight is 500 g/mol. The number of hydrogen-bond donors (Lipinski definition) is 2. The summed E-state index contributed by atoms with van der Waals surface area (Å²) >= 11 is 0. The number of benzene rings is 2. The summed E-state index contributed by atoms with van der Waals surface area (Å²) in [6.45, 7) is 9.69. The van der Waals surface area contributed by atoms with Crippen LogP contribution in [0.5, 0.6) is 11.5 Å². The van der Waals surface area contributed by atoms with Gasteiger partial charge in [-0.1, -0.05) is 0 Å². The molecule has 1 atom stereocenters. The smallest absolute Gasteiger partial charge is 0.329 e. The van der Waals surface area contributed by atoms with Crippen molar-refractivity contribution in [3.63, 3.8) is 0 Å². The summed E-state index contributed by atoms with van der Waals surface area (Å²) in [6, 6.07) is 10.8. The SMILES string of the molecule is CC(C)(C)OC(=O)C[C@H](NC(=O)COc1ccc(C(=O)c2ccc(O)cc2)cc1)C(=O)OC(C)(C)C. The van der Waals surface area contributed by atoms with E-state index in [1.807, 2.05) is 0 Å². The Bertz CT molecular complexity index is 1080. The van der Waals surface area contributed by atoms with Gasteiger partial charge in [0, 0.05) is 11.1 Å². The lowest BCUT2D eigenvalue weighted by atomic mass is 10.0. The molecule has 0 saturated carbocycles. The molecule has 0 aromatic heterocycles. The van der Waals surface area contributed by atoms with Crippen LogP contribution in [0.2, 0.25) is 0 Å². The van der Waals surface area contributed by atoms with Gasteiger partial charge in [-0.3, -0.25) is 14.4 Å². The molecule has 2 rings (SSSR count). The van der Waals surface area contributed by atoms with Crippen molar-refractivity contribution >= 4 is 23.6 Å². The summed E-state index contributed by atoms with van der Waals surface area (Å²) in [4.78, 5) is 49.8. The number of carbonyl (C=O) groups is 4. The molecule has 0 saturated heterocycles. The van der Waals surface area contributed by atoms with Crippen LogP contribution in [-0.4, -0.2) is 52.6 Å². The fourth-order valence-corrected chi connectivity index (χ4v) is 2.98. The lowest BCUT2D eigenvalue weighted by Crippen LogP contribution is -2.47. The predicted octanol–water partition coefficient (Wildman–Crippen LogP) is 3.56. The minimum Gasteiger partial charge on any atom is -0.508 e. The quantitative estimate of drug-likeness (QED) is 0.396. The molecule has 2 aromatic carbocycles. The van der Waals surface area contributed by atoms with E-state index in [0.717, 1.165) is 0 Å². The van der Waals surface area contributed by atoms with Gasteiger partial charge in [0.25, 0.3) is 5.91 Å². The van der Waals surface area contributed by atoms with E-state index >= 15 is 0 Å². The molecule has 0 radical (unpaired) electrons. The van der Waals surface area contributed by atoms with Crippen LogP contribution in [-0.2, 0) is 23.9 Å². The van der Waals surface area contributed by atoms with Crippen LogP contribution in [0.1, 0.15) is 63.9 Å². The molecule has 0 bridgehead atoms. The Labute approximate surface area is 210 Å². The molecule has 194 valence electrons. The van der Waals surface area contributed by atoms with Gasteiger partial charge in [-0.25, -0.2) is 4.79 Å². The molecule has 9 nitrogen and oxygen atoms in total. The molecule has 0 aliphatic heterocycles.